The van der Waals surface area contributed by atoms with Crippen LogP contribution in [0.15, 0.2) is 12.1 Å². The van der Waals surface area contributed by atoms with Crippen molar-refractivity contribution in [3.8, 4) is 0 Å². The fourth-order valence-corrected chi connectivity index (χ4v) is 3.25. The highest BCUT2D eigenvalue weighted by Crippen LogP contribution is 2.30. The number of hydrogen-bond donors (Lipinski definition) is 1. The van der Waals surface area contributed by atoms with Gasteiger partial charge in [0.05, 0.1) is 24.3 Å². The van der Waals surface area contributed by atoms with Crippen LogP contribution in [0.2, 0.25) is 0 Å². The zero-order valence-electron chi connectivity index (χ0n) is 11.6. The van der Waals surface area contributed by atoms with E-state index < -0.39 is 11.6 Å². The first-order chi connectivity index (χ1) is 10.1. The summed E-state index contributed by atoms with van der Waals surface area (Å²) in [6, 6.07) is 1.76. The summed E-state index contributed by atoms with van der Waals surface area (Å²) in [7, 11) is 0. The van der Waals surface area contributed by atoms with Gasteiger partial charge in [-0.1, -0.05) is 12.8 Å². The maximum Gasteiger partial charge on any atom is 0.256 e. The molecule has 0 radical (unpaired) electrons. The lowest BCUT2D eigenvalue weighted by Crippen LogP contribution is -2.54. The second-order valence-corrected chi connectivity index (χ2v) is 5.61. The summed E-state index contributed by atoms with van der Waals surface area (Å²) < 4.78 is 32.2. The van der Waals surface area contributed by atoms with Crippen LogP contribution in [-0.2, 0) is 4.74 Å². The third kappa shape index (κ3) is 2.60. The molecule has 2 aliphatic rings. The maximum absolute atomic E-state index is 13.4. The van der Waals surface area contributed by atoms with E-state index in [1.807, 2.05) is 0 Å². The number of benzene rings is 1. The van der Waals surface area contributed by atoms with Gasteiger partial charge in [-0.3, -0.25) is 4.79 Å². The fourth-order valence-electron chi connectivity index (χ4n) is 3.25. The molecule has 2 atom stereocenters. The van der Waals surface area contributed by atoms with Crippen LogP contribution in [0.25, 0.3) is 0 Å². The number of nitrogens with two attached hydrogens (primary N) is 1. The molecule has 1 aliphatic heterocycles. The first-order valence-corrected chi connectivity index (χ1v) is 7.25. The van der Waals surface area contributed by atoms with E-state index in [-0.39, 0.29) is 29.3 Å². The molecule has 0 aromatic heterocycles. The largest absolute Gasteiger partial charge is 0.398 e. The predicted molar refractivity (Wildman–Crippen MR) is 73.8 cm³/mol. The number of amides is 1. The van der Waals surface area contributed by atoms with Gasteiger partial charge in [-0.05, 0) is 18.9 Å². The van der Waals surface area contributed by atoms with Gasteiger partial charge in [0.1, 0.15) is 0 Å². The minimum atomic E-state index is -1.05. The number of rotatable bonds is 1. The predicted octanol–water partition coefficient (Wildman–Crippen LogP) is 2.33. The summed E-state index contributed by atoms with van der Waals surface area (Å²) in [5.74, 6) is -2.44. The number of ether oxygens (including phenoxy) is 1. The minimum Gasteiger partial charge on any atom is -0.398 e. The van der Waals surface area contributed by atoms with Crippen molar-refractivity contribution in [3.05, 3.63) is 29.3 Å². The van der Waals surface area contributed by atoms with Gasteiger partial charge in [0.15, 0.2) is 11.6 Å². The number of halogens is 2. The van der Waals surface area contributed by atoms with E-state index in [0.717, 1.165) is 37.8 Å². The van der Waals surface area contributed by atoms with Crippen LogP contribution in [0.4, 0.5) is 14.5 Å². The second-order valence-electron chi connectivity index (χ2n) is 5.61. The molecule has 1 aliphatic carbocycles. The maximum atomic E-state index is 13.4. The number of nitrogen functional groups attached to an aromatic ring is 1. The molecule has 2 unspecified atom stereocenters. The molecule has 1 amide bonds. The highest BCUT2D eigenvalue weighted by atomic mass is 19.2. The van der Waals surface area contributed by atoms with Crippen LogP contribution < -0.4 is 5.73 Å². The number of morpholine rings is 1. The number of carbonyl (C=O) groups is 1. The van der Waals surface area contributed by atoms with Crippen molar-refractivity contribution in [3.63, 3.8) is 0 Å². The Morgan fingerprint density at radius 3 is 2.76 bits per heavy atom. The lowest BCUT2D eigenvalue weighted by Gasteiger charge is -2.43. The first kappa shape index (κ1) is 14.3. The van der Waals surface area contributed by atoms with Crippen LogP contribution in [-0.4, -0.2) is 36.1 Å². The van der Waals surface area contributed by atoms with E-state index in [2.05, 4.69) is 0 Å². The van der Waals surface area contributed by atoms with E-state index in [0.29, 0.717) is 13.2 Å². The first-order valence-electron chi connectivity index (χ1n) is 7.25. The lowest BCUT2D eigenvalue weighted by atomic mass is 9.89. The van der Waals surface area contributed by atoms with Gasteiger partial charge in [0, 0.05) is 18.3 Å². The van der Waals surface area contributed by atoms with Crippen molar-refractivity contribution < 1.29 is 18.3 Å². The molecule has 114 valence electrons. The minimum absolute atomic E-state index is 0.00696. The third-order valence-electron chi connectivity index (χ3n) is 4.32. The van der Waals surface area contributed by atoms with Crippen LogP contribution >= 0.6 is 0 Å². The van der Waals surface area contributed by atoms with Gasteiger partial charge in [0.25, 0.3) is 5.91 Å². The molecular weight excluding hydrogens is 278 g/mol. The number of nitrogens with zero attached hydrogens (tertiary/aromatic N) is 1. The van der Waals surface area contributed by atoms with E-state index in [9.17, 15) is 13.6 Å². The summed E-state index contributed by atoms with van der Waals surface area (Å²) >= 11 is 0. The monoisotopic (exact) mass is 296 g/mol. The van der Waals surface area contributed by atoms with E-state index in [1.165, 1.54) is 0 Å². The Morgan fingerprint density at radius 2 is 1.95 bits per heavy atom. The fraction of sp³-hybridized carbons (Fsp3) is 0.533. The summed E-state index contributed by atoms with van der Waals surface area (Å²) in [4.78, 5) is 14.3. The molecule has 4 nitrogen and oxygen atoms in total. The van der Waals surface area contributed by atoms with E-state index in [1.54, 1.807) is 4.90 Å². The highest BCUT2D eigenvalue weighted by Gasteiger charge is 2.37. The molecule has 0 spiro atoms. The molecule has 1 aromatic rings. The molecule has 1 aromatic carbocycles. The summed E-state index contributed by atoms with van der Waals surface area (Å²) in [6.07, 6.45) is 3.99. The van der Waals surface area contributed by atoms with Crippen LogP contribution in [0, 0.1) is 11.6 Å². The number of hydrogen-bond acceptors (Lipinski definition) is 3. The van der Waals surface area contributed by atoms with Gasteiger partial charge in [-0.2, -0.15) is 0 Å². The normalized spacial score (nSPS) is 25.5. The highest BCUT2D eigenvalue weighted by molar-refractivity contribution is 5.99. The summed E-state index contributed by atoms with van der Waals surface area (Å²) in [6.45, 7) is 0.926. The molecule has 6 heteroatoms. The van der Waals surface area contributed by atoms with Crippen LogP contribution in [0.3, 0.4) is 0 Å². The van der Waals surface area contributed by atoms with E-state index >= 15 is 0 Å². The molecule has 1 saturated heterocycles. The van der Waals surface area contributed by atoms with Gasteiger partial charge in [-0.15, -0.1) is 0 Å². The third-order valence-corrected chi connectivity index (χ3v) is 4.32. The summed E-state index contributed by atoms with van der Waals surface area (Å²) in [5, 5.41) is 0. The second kappa shape index (κ2) is 5.60. The number of carbonyl (C=O) groups excluding carboxylic acids is 1. The van der Waals surface area contributed by atoms with Crippen molar-refractivity contribution in [2.75, 3.05) is 18.9 Å². The Labute approximate surface area is 121 Å². The topological polar surface area (TPSA) is 55.6 Å². The Hall–Kier alpha value is -1.69. The number of fused-ring (bicyclic) bond motifs is 1. The van der Waals surface area contributed by atoms with Gasteiger partial charge < -0.3 is 15.4 Å². The lowest BCUT2D eigenvalue weighted by molar-refractivity contribution is -0.0752. The average molecular weight is 296 g/mol. The van der Waals surface area contributed by atoms with Crippen molar-refractivity contribution in [1.29, 1.82) is 0 Å². The molecule has 3 rings (SSSR count). The van der Waals surface area contributed by atoms with Crippen molar-refractivity contribution in [2.24, 2.45) is 0 Å². The van der Waals surface area contributed by atoms with Crippen LogP contribution in [0.5, 0.6) is 0 Å². The van der Waals surface area contributed by atoms with Gasteiger partial charge in [-0.25, -0.2) is 8.78 Å². The van der Waals surface area contributed by atoms with Gasteiger partial charge >= 0.3 is 0 Å². The Balaban J connectivity index is 1.88. The molecule has 1 heterocycles. The van der Waals surface area contributed by atoms with Crippen molar-refractivity contribution in [2.45, 2.75) is 37.8 Å². The standard InChI is InChI=1S/C15H18F2N2O2/c16-10-7-9(12(18)8-11(10)17)15(20)19-5-6-21-14-4-2-1-3-13(14)19/h7-8,13-14H,1-6,18H2. The average Bonchev–Trinajstić information content (AvgIpc) is 2.49. The SMILES string of the molecule is Nc1cc(F)c(F)cc1C(=O)N1CCOC2CCCCC21. The number of anilines is 1. The Bertz CT molecular complexity index is 563. The van der Waals surface area contributed by atoms with Crippen molar-refractivity contribution >= 4 is 11.6 Å². The smallest absolute Gasteiger partial charge is 0.256 e. The summed E-state index contributed by atoms with van der Waals surface area (Å²) in [5.41, 5.74) is 5.68. The quantitative estimate of drug-likeness (QED) is 0.809. The molecule has 2 fully saturated rings. The molecule has 1 saturated carbocycles. The zero-order chi connectivity index (χ0) is 15.0. The Kier molecular flexibility index (Phi) is 3.80. The zero-order valence-corrected chi connectivity index (χ0v) is 11.6. The van der Waals surface area contributed by atoms with Gasteiger partial charge in [0.2, 0.25) is 0 Å². The molecule has 2 N–H and O–H groups in total. The molecule has 21 heavy (non-hydrogen) atoms. The molecule has 0 bridgehead atoms. The Morgan fingerprint density at radius 1 is 1.24 bits per heavy atom. The van der Waals surface area contributed by atoms with E-state index in [4.69, 9.17) is 10.5 Å². The van der Waals surface area contributed by atoms with Crippen LogP contribution in [0.1, 0.15) is 36.0 Å². The molecular formula is C15H18F2N2O2. The van der Waals surface area contributed by atoms with Crippen molar-refractivity contribution in [1.82, 2.24) is 4.90 Å².